The lowest BCUT2D eigenvalue weighted by Gasteiger charge is -2.15. The van der Waals surface area contributed by atoms with E-state index >= 15 is 0 Å². The molecule has 1 aromatic carbocycles. The van der Waals surface area contributed by atoms with Gasteiger partial charge in [0, 0.05) is 13.1 Å². The van der Waals surface area contributed by atoms with Gasteiger partial charge in [-0.05, 0) is 17.7 Å². The molecule has 0 aliphatic heterocycles. The predicted octanol–water partition coefficient (Wildman–Crippen LogP) is 1.63. The fraction of sp³-hybridized carbons (Fsp3) is 0.417. The highest BCUT2D eigenvalue weighted by molar-refractivity contribution is 5.89. The monoisotopic (exact) mass is 295 g/mol. The molecule has 0 saturated heterocycles. The van der Waals surface area contributed by atoms with Gasteiger partial charge in [-0.15, -0.1) is 0 Å². The minimum absolute atomic E-state index is 0.0779. The molecule has 1 rings (SSSR count). The minimum Gasteiger partial charge on any atom is -0.465 e. The first-order chi connectivity index (χ1) is 9.25. The second-order valence-corrected chi connectivity index (χ2v) is 3.99. The van der Waals surface area contributed by atoms with Gasteiger partial charge in [0.2, 0.25) is 0 Å². The number of carbonyl (C=O) groups excluding carboxylic acids is 1. The van der Waals surface area contributed by atoms with Crippen LogP contribution in [0.2, 0.25) is 0 Å². The van der Waals surface area contributed by atoms with E-state index in [9.17, 15) is 22.4 Å². The number of halogens is 4. The van der Waals surface area contributed by atoms with Crippen molar-refractivity contribution in [3.8, 4) is 0 Å². The Morgan fingerprint density at radius 2 is 2.10 bits per heavy atom. The van der Waals surface area contributed by atoms with Crippen LogP contribution in [0.3, 0.4) is 0 Å². The van der Waals surface area contributed by atoms with Crippen LogP contribution in [0.1, 0.15) is 15.9 Å². The number of nitrogens with one attached hydrogen (secondary N) is 1. The Labute approximate surface area is 112 Å². The Morgan fingerprint density at radius 3 is 2.60 bits per heavy atom. The van der Waals surface area contributed by atoms with Crippen molar-refractivity contribution in [2.75, 3.05) is 13.7 Å². The number of methoxy groups -OCH3 is 1. The van der Waals surface area contributed by atoms with E-state index in [1.54, 1.807) is 0 Å². The van der Waals surface area contributed by atoms with Crippen molar-refractivity contribution in [1.29, 1.82) is 0 Å². The average molecular weight is 295 g/mol. The molecule has 0 bridgehead atoms. The van der Waals surface area contributed by atoms with E-state index in [1.807, 2.05) is 0 Å². The molecular formula is C12H13F4NO3. The largest absolute Gasteiger partial charge is 0.465 e. The molecule has 1 atom stereocenters. The predicted molar refractivity (Wildman–Crippen MR) is 61.5 cm³/mol. The van der Waals surface area contributed by atoms with Crippen LogP contribution in [0.15, 0.2) is 18.2 Å². The van der Waals surface area contributed by atoms with Gasteiger partial charge in [-0.25, -0.2) is 9.18 Å². The van der Waals surface area contributed by atoms with Crippen molar-refractivity contribution < 1.29 is 32.2 Å². The molecule has 0 aliphatic carbocycles. The maximum absolute atomic E-state index is 13.5. The van der Waals surface area contributed by atoms with Gasteiger partial charge in [0.05, 0.1) is 12.7 Å². The second kappa shape index (κ2) is 6.67. The quantitative estimate of drug-likeness (QED) is 0.640. The number of ether oxygens (including phenoxy) is 1. The number of aliphatic hydroxyl groups is 1. The summed E-state index contributed by atoms with van der Waals surface area (Å²) in [7, 11) is 1.11. The Balaban J connectivity index is 2.58. The average Bonchev–Trinajstić information content (AvgIpc) is 2.36. The van der Waals surface area contributed by atoms with Gasteiger partial charge in [-0.1, -0.05) is 6.07 Å². The molecule has 0 aromatic heterocycles. The summed E-state index contributed by atoms with van der Waals surface area (Å²) in [4.78, 5) is 11.1. The van der Waals surface area contributed by atoms with Crippen LogP contribution in [0, 0.1) is 5.82 Å². The van der Waals surface area contributed by atoms with E-state index in [4.69, 9.17) is 5.11 Å². The second-order valence-electron chi connectivity index (χ2n) is 3.99. The van der Waals surface area contributed by atoms with E-state index in [2.05, 4.69) is 10.1 Å². The summed E-state index contributed by atoms with van der Waals surface area (Å²) in [5.41, 5.74) is 0.0797. The number of hydrogen-bond acceptors (Lipinski definition) is 4. The normalized spacial score (nSPS) is 13.1. The first-order valence-corrected chi connectivity index (χ1v) is 5.58. The van der Waals surface area contributed by atoms with Crippen molar-refractivity contribution in [2.45, 2.75) is 18.8 Å². The molecule has 20 heavy (non-hydrogen) atoms. The number of esters is 1. The molecule has 1 unspecified atom stereocenters. The zero-order valence-electron chi connectivity index (χ0n) is 10.5. The van der Waals surface area contributed by atoms with Crippen LogP contribution < -0.4 is 5.32 Å². The molecule has 0 spiro atoms. The summed E-state index contributed by atoms with van der Waals surface area (Å²) < 4.78 is 53.9. The van der Waals surface area contributed by atoms with Gasteiger partial charge in [0.15, 0.2) is 6.10 Å². The summed E-state index contributed by atoms with van der Waals surface area (Å²) in [6, 6.07) is 3.57. The Kier molecular flexibility index (Phi) is 5.46. The molecule has 0 saturated carbocycles. The molecule has 112 valence electrons. The lowest BCUT2D eigenvalue weighted by atomic mass is 10.1. The van der Waals surface area contributed by atoms with Crippen LogP contribution in [-0.2, 0) is 11.3 Å². The van der Waals surface area contributed by atoms with Crippen LogP contribution in [-0.4, -0.2) is 37.0 Å². The van der Waals surface area contributed by atoms with E-state index < -0.39 is 30.6 Å². The third-order valence-electron chi connectivity index (χ3n) is 2.48. The summed E-state index contributed by atoms with van der Waals surface area (Å²) in [6.07, 6.45) is -7.19. The van der Waals surface area contributed by atoms with E-state index in [1.165, 1.54) is 12.1 Å². The van der Waals surface area contributed by atoms with Crippen LogP contribution in [0.5, 0.6) is 0 Å². The fourth-order valence-corrected chi connectivity index (χ4v) is 1.41. The lowest BCUT2D eigenvalue weighted by molar-refractivity contribution is -0.201. The summed E-state index contributed by atoms with van der Waals surface area (Å²) in [5, 5.41) is 11.1. The van der Waals surface area contributed by atoms with Crippen LogP contribution in [0.4, 0.5) is 17.6 Å². The van der Waals surface area contributed by atoms with Gasteiger partial charge in [-0.3, -0.25) is 0 Å². The molecule has 0 fully saturated rings. The highest BCUT2D eigenvalue weighted by Crippen LogP contribution is 2.19. The lowest BCUT2D eigenvalue weighted by Crippen LogP contribution is -2.38. The number of aliphatic hydroxyl groups excluding tert-OH is 1. The van der Waals surface area contributed by atoms with Crippen molar-refractivity contribution in [2.24, 2.45) is 0 Å². The molecule has 0 aliphatic rings. The Morgan fingerprint density at radius 1 is 1.45 bits per heavy atom. The first kappa shape index (κ1) is 16.4. The van der Waals surface area contributed by atoms with Gasteiger partial charge in [0.25, 0.3) is 0 Å². The van der Waals surface area contributed by atoms with Crippen molar-refractivity contribution in [3.63, 3.8) is 0 Å². The van der Waals surface area contributed by atoms with E-state index in [0.29, 0.717) is 5.56 Å². The smallest absolute Gasteiger partial charge is 0.415 e. The summed E-state index contributed by atoms with van der Waals surface area (Å²) >= 11 is 0. The molecule has 1 aromatic rings. The maximum Gasteiger partial charge on any atom is 0.415 e. The molecule has 0 heterocycles. The third kappa shape index (κ3) is 4.46. The number of benzene rings is 1. The highest BCUT2D eigenvalue weighted by atomic mass is 19.4. The molecule has 0 amide bonds. The van der Waals surface area contributed by atoms with Gasteiger partial charge < -0.3 is 15.2 Å². The zero-order chi connectivity index (χ0) is 15.3. The first-order valence-electron chi connectivity index (χ1n) is 5.58. The van der Waals surface area contributed by atoms with Crippen molar-refractivity contribution in [1.82, 2.24) is 5.32 Å². The molecule has 8 heteroatoms. The third-order valence-corrected chi connectivity index (χ3v) is 2.48. The molecule has 2 N–H and O–H groups in total. The number of alkyl halides is 3. The number of carbonyl (C=O) groups is 1. The minimum atomic E-state index is -4.70. The Bertz CT molecular complexity index is 476. The maximum atomic E-state index is 13.5. The van der Waals surface area contributed by atoms with Gasteiger partial charge >= 0.3 is 12.1 Å². The van der Waals surface area contributed by atoms with Gasteiger partial charge in [-0.2, -0.15) is 13.2 Å². The highest BCUT2D eigenvalue weighted by Gasteiger charge is 2.37. The van der Waals surface area contributed by atoms with Crippen LogP contribution >= 0.6 is 0 Å². The molecule has 0 radical (unpaired) electrons. The standard InChI is InChI=1S/C12H13F4NO3/c1-20-11(19)8-3-2-7(4-9(8)13)5-17-6-10(18)12(14,15)16/h2-4,10,17-18H,5-6H2,1H3. The SMILES string of the molecule is COC(=O)c1ccc(CNCC(O)C(F)(F)F)cc1F. The fourth-order valence-electron chi connectivity index (χ4n) is 1.41. The van der Waals surface area contributed by atoms with E-state index in [0.717, 1.165) is 13.2 Å². The topological polar surface area (TPSA) is 58.6 Å². The number of rotatable bonds is 5. The summed E-state index contributed by atoms with van der Waals surface area (Å²) in [6.45, 7) is -0.782. The van der Waals surface area contributed by atoms with E-state index in [-0.39, 0.29) is 12.1 Å². The van der Waals surface area contributed by atoms with Crippen LogP contribution in [0.25, 0.3) is 0 Å². The molecular weight excluding hydrogens is 282 g/mol. The van der Waals surface area contributed by atoms with Crippen molar-refractivity contribution >= 4 is 5.97 Å². The Hall–Kier alpha value is -1.67. The number of hydrogen-bond donors (Lipinski definition) is 2. The molecule has 4 nitrogen and oxygen atoms in total. The van der Waals surface area contributed by atoms with Crippen molar-refractivity contribution in [3.05, 3.63) is 35.1 Å². The van der Waals surface area contributed by atoms with Gasteiger partial charge in [0.1, 0.15) is 5.82 Å². The zero-order valence-corrected chi connectivity index (χ0v) is 10.5. The summed E-state index contributed by atoms with van der Waals surface area (Å²) in [5.74, 6) is -1.66.